The summed E-state index contributed by atoms with van der Waals surface area (Å²) in [6.07, 6.45) is 1.23. The Kier molecular flexibility index (Phi) is 7.92. The average molecular weight is 361 g/mol. The summed E-state index contributed by atoms with van der Waals surface area (Å²) in [5.41, 5.74) is 1.23. The van der Waals surface area contributed by atoms with Gasteiger partial charge in [0.05, 0.1) is 6.61 Å². The quantitative estimate of drug-likeness (QED) is 0.589. The minimum absolute atomic E-state index is 0.148. The second-order valence-electron chi connectivity index (χ2n) is 6.18. The first kappa shape index (κ1) is 19.8. The molecule has 0 aliphatic carbocycles. The van der Waals surface area contributed by atoms with Crippen LogP contribution in [0, 0.1) is 0 Å². The fraction of sp³-hybridized carbons (Fsp3) is 0.526. The Morgan fingerprint density at radius 1 is 1.04 bits per heavy atom. The van der Waals surface area contributed by atoms with Crippen molar-refractivity contribution in [1.82, 2.24) is 15.1 Å². The molecule has 1 aliphatic rings. The van der Waals surface area contributed by atoms with Gasteiger partial charge < -0.3 is 19.9 Å². The summed E-state index contributed by atoms with van der Waals surface area (Å²) in [5.74, 6) is -0.454. The second-order valence-corrected chi connectivity index (χ2v) is 6.18. The lowest BCUT2D eigenvalue weighted by molar-refractivity contribution is -0.137. The Balaban J connectivity index is 1.61. The number of ether oxygens (including phenoxy) is 1. The molecular weight excluding hydrogens is 334 g/mol. The van der Waals surface area contributed by atoms with Crippen LogP contribution in [0.15, 0.2) is 30.3 Å². The number of amides is 3. The van der Waals surface area contributed by atoms with Gasteiger partial charge in [-0.05, 0) is 25.3 Å². The van der Waals surface area contributed by atoms with Crippen LogP contribution in [0.5, 0.6) is 0 Å². The number of nitrogens with one attached hydrogen (secondary N) is 1. The van der Waals surface area contributed by atoms with E-state index >= 15 is 0 Å². The third kappa shape index (κ3) is 6.38. The van der Waals surface area contributed by atoms with Gasteiger partial charge in [0, 0.05) is 32.7 Å². The van der Waals surface area contributed by atoms with Crippen molar-refractivity contribution in [2.45, 2.75) is 26.2 Å². The molecule has 1 heterocycles. The van der Waals surface area contributed by atoms with E-state index in [1.54, 1.807) is 16.7 Å². The van der Waals surface area contributed by atoms with Crippen LogP contribution in [0.4, 0.5) is 4.79 Å². The summed E-state index contributed by atoms with van der Waals surface area (Å²) in [7, 11) is 0. The lowest BCUT2D eigenvalue weighted by Gasteiger charge is -2.34. The zero-order chi connectivity index (χ0) is 18.8. The smallest absolute Gasteiger partial charge is 0.409 e. The molecule has 1 aliphatic heterocycles. The fourth-order valence-corrected chi connectivity index (χ4v) is 2.83. The van der Waals surface area contributed by atoms with Gasteiger partial charge in [0.2, 0.25) is 11.8 Å². The highest BCUT2D eigenvalue weighted by molar-refractivity contribution is 5.96. The number of hydrogen-bond acceptors (Lipinski definition) is 4. The lowest BCUT2D eigenvalue weighted by Crippen LogP contribution is -2.51. The maximum atomic E-state index is 12.2. The van der Waals surface area contributed by atoms with Crippen molar-refractivity contribution in [3.63, 3.8) is 0 Å². The van der Waals surface area contributed by atoms with E-state index < -0.39 is 0 Å². The van der Waals surface area contributed by atoms with Crippen molar-refractivity contribution >= 4 is 17.9 Å². The predicted molar refractivity (Wildman–Crippen MR) is 97.6 cm³/mol. The van der Waals surface area contributed by atoms with Gasteiger partial charge in [-0.2, -0.15) is 0 Å². The van der Waals surface area contributed by atoms with Crippen molar-refractivity contribution in [1.29, 1.82) is 0 Å². The lowest BCUT2D eigenvalue weighted by atomic mass is 10.1. The molecule has 26 heavy (non-hydrogen) atoms. The zero-order valence-corrected chi connectivity index (χ0v) is 15.3. The summed E-state index contributed by atoms with van der Waals surface area (Å²) >= 11 is 0. The number of piperazine rings is 1. The van der Waals surface area contributed by atoms with Crippen LogP contribution < -0.4 is 5.32 Å². The van der Waals surface area contributed by atoms with Crippen LogP contribution in [-0.4, -0.2) is 67.0 Å². The van der Waals surface area contributed by atoms with E-state index in [9.17, 15) is 14.4 Å². The number of carbonyl (C=O) groups is 3. The van der Waals surface area contributed by atoms with Gasteiger partial charge in [0.15, 0.2) is 0 Å². The summed E-state index contributed by atoms with van der Waals surface area (Å²) in [6.45, 7) is 4.38. The van der Waals surface area contributed by atoms with E-state index in [1.807, 2.05) is 18.2 Å². The number of nitrogens with zero attached hydrogens (tertiary/aromatic N) is 2. The van der Waals surface area contributed by atoms with Gasteiger partial charge in [0.1, 0.15) is 6.42 Å². The maximum absolute atomic E-state index is 12.2. The van der Waals surface area contributed by atoms with Crippen LogP contribution in [0.3, 0.4) is 0 Å². The first-order valence-electron chi connectivity index (χ1n) is 9.10. The van der Waals surface area contributed by atoms with Crippen LogP contribution in [0.2, 0.25) is 0 Å². The summed E-state index contributed by atoms with van der Waals surface area (Å²) in [6, 6.07) is 10.1. The largest absolute Gasteiger partial charge is 0.450 e. The van der Waals surface area contributed by atoms with Crippen molar-refractivity contribution in [3.8, 4) is 0 Å². The third-order valence-electron chi connectivity index (χ3n) is 4.28. The standard InChI is InChI=1S/C19H27N3O4/c1-2-26-19(25)22-13-11-21(12-14-22)18(24)15-17(23)20-10-6-9-16-7-4-3-5-8-16/h3-5,7-8H,2,6,9-15H2,1H3,(H,20,23). The maximum Gasteiger partial charge on any atom is 0.409 e. The number of aryl methyl sites for hydroxylation is 1. The molecule has 0 saturated carbocycles. The van der Waals surface area contributed by atoms with Crippen LogP contribution in [0.25, 0.3) is 0 Å². The molecule has 0 radical (unpaired) electrons. The molecule has 0 spiro atoms. The number of hydrogen-bond donors (Lipinski definition) is 1. The topological polar surface area (TPSA) is 79.0 Å². The van der Waals surface area contributed by atoms with Gasteiger partial charge in [-0.3, -0.25) is 9.59 Å². The van der Waals surface area contributed by atoms with Gasteiger partial charge in [-0.1, -0.05) is 30.3 Å². The number of benzene rings is 1. The SMILES string of the molecule is CCOC(=O)N1CCN(C(=O)CC(=O)NCCCc2ccccc2)CC1. The van der Waals surface area contributed by atoms with Gasteiger partial charge >= 0.3 is 6.09 Å². The van der Waals surface area contributed by atoms with E-state index in [0.717, 1.165) is 12.8 Å². The van der Waals surface area contributed by atoms with Gasteiger partial charge in [-0.25, -0.2) is 4.79 Å². The molecule has 1 N–H and O–H groups in total. The highest BCUT2D eigenvalue weighted by Crippen LogP contribution is 2.06. The molecule has 0 atom stereocenters. The molecule has 1 aromatic carbocycles. The van der Waals surface area contributed by atoms with E-state index in [4.69, 9.17) is 4.74 Å². The normalized spacial score (nSPS) is 14.0. The second kappa shape index (κ2) is 10.4. The molecule has 1 fully saturated rings. The average Bonchev–Trinajstić information content (AvgIpc) is 2.66. The van der Waals surface area contributed by atoms with Gasteiger partial charge in [0.25, 0.3) is 0 Å². The summed E-state index contributed by atoms with van der Waals surface area (Å²) in [4.78, 5) is 39.0. The summed E-state index contributed by atoms with van der Waals surface area (Å²) < 4.78 is 4.95. The minimum atomic E-state index is -0.351. The molecule has 2 rings (SSSR count). The van der Waals surface area contributed by atoms with Crippen molar-refractivity contribution < 1.29 is 19.1 Å². The molecule has 0 bridgehead atoms. The highest BCUT2D eigenvalue weighted by atomic mass is 16.6. The molecule has 7 heteroatoms. The van der Waals surface area contributed by atoms with Crippen LogP contribution in [0.1, 0.15) is 25.3 Å². The molecule has 0 unspecified atom stereocenters. The zero-order valence-electron chi connectivity index (χ0n) is 15.3. The monoisotopic (exact) mass is 361 g/mol. The van der Waals surface area contributed by atoms with E-state index in [-0.39, 0.29) is 24.3 Å². The molecular formula is C19H27N3O4. The summed E-state index contributed by atoms with van der Waals surface area (Å²) in [5, 5.41) is 2.80. The molecule has 1 aromatic rings. The van der Waals surface area contributed by atoms with Crippen molar-refractivity contribution in [2.24, 2.45) is 0 Å². The molecule has 142 valence electrons. The molecule has 0 aromatic heterocycles. The van der Waals surface area contributed by atoms with Crippen LogP contribution >= 0.6 is 0 Å². The molecule has 7 nitrogen and oxygen atoms in total. The van der Waals surface area contributed by atoms with Crippen molar-refractivity contribution in [3.05, 3.63) is 35.9 Å². The van der Waals surface area contributed by atoms with Crippen LogP contribution in [-0.2, 0) is 20.7 Å². The third-order valence-corrected chi connectivity index (χ3v) is 4.28. The Hall–Kier alpha value is -2.57. The van der Waals surface area contributed by atoms with E-state index in [1.165, 1.54) is 5.56 Å². The molecule has 1 saturated heterocycles. The number of carbonyl (C=O) groups excluding carboxylic acids is 3. The highest BCUT2D eigenvalue weighted by Gasteiger charge is 2.25. The van der Waals surface area contributed by atoms with E-state index in [0.29, 0.717) is 39.3 Å². The van der Waals surface area contributed by atoms with Crippen molar-refractivity contribution in [2.75, 3.05) is 39.3 Å². The number of rotatable bonds is 7. The first-order chi connectivity index (χ1) is 12.6. The Morgan fingerprint density at radius 3 is 2.35 bits per heavy atom. The fourth-order valence-electron chi connectivity index (χ4n) is 2.83. The van der Waals surface area contributed by atoms with E-state index in [2.05, 4.69) is 17.4 Å². The van der Waals surface area contributed by atoms with Gasteiger partial charge in [-0.15, -0.1) is 0 Å². The Morgan fingerprint density at radius 2 is 1.69 bits per heavy atom. The minimum Gasteiger partial charge on any atom is -0.450 e. The molecule has 3 amide bonds. The first-order valence-corrected chi connectivity index (χ1v) is 9.10. The Labute approximate surface area is 154 Å². The predicted octanol–water partition coefficient (Wildman–Crippen LogP) is 1.43. The Bertz CT molecular complexity index is 598.